The molecule has 1 saturated heterocycles. The molecule has 1 atom stereocenters. The molecule has 0 saturated carbocycles. The lowest BCUT2D eigenvalue weighted by molar-refractivity contribution is -0.135. The van der Waals surface area contributed by atoms with Gasteiger partial charge in [0.1, 0.15) is 11.9 Å². The van der Waals surface area contributed by atoms with Crippen molar-refractivity contribution in [2.75, 3.05) is 0 Å². The van der Waals surface area contributed by atoms with Crippen LogP contribution in [-0.2, 0) is 9.59 Å². The van der Waals surface area contributed by atoms with Crippen molar-refractivity contribution in [3.63, 3.8) is 0 Å². The predicted molar refractivity (Wildman–Crippen MR) is 76.9 cm³/mol. The lowest BCUT2D eigenvalue weighted by Gasteiger charge is -2.24. The van der Waals surface area contributed by atoms with E-state index in [-0.39, 0.29) is 17.9 Å². The first-order chi connectivity index (χ1) is 9.97. The molecule has 1 aromatic heterocycles. The Labute approximate surface area is 120 Å². The number of hydrogen-bond donors (Lipinski definition) is 1. The Kier molecular flexibility index (Phi) is 3.08. The third kappa shape index (κ3) is 2.22. The molecule has 1 aliphatic rings. The normalized spacial score (nSPS) is 18.9. The number of aromatic nitrogens is 2. The quantitative estimate of drug-likeness (QED) is 0.792. The third-order valence-corrected chi connectivity index (χ3v) is 3.75. The highest BCUT2D eigenvalue weighted by molar-refractivity contribution is 5.99. The summed E-state index contributed by atoms with van der Waals surface area (Å²) >= 11 is 0. The number of nitrogens with zero attached hydrogens (tertiary/aromatic N) is 2. The van der Waals surface area contributed by atoms with Gasteiger partial charge in [-0.25, -0.2) is 4.98 Å². The molecule has 21 heavy (non-hydrogen) atoms. The summed E-state index contributed by atoms with van der Waals surface area (Å²) in [6, 6.07) is 4.79. The summed E-state index contributed by atoms with van der Waals surface area (Å²) in [7, 11) is 0. The first-order valence-electron chi connectivity index (χ1n) is 6.80. The number of fused-ring (bicyclic) bond motifs is 1. The highest BCUT2D eigenvalue weighted by Gasteiger charge is 2.30. The zero-order valence-electron chi connectivity index (χ0n) is 11.8. The molecule has 0 spiro atoms. The number of benzene rings is 1. The molecule has 6 heteroatoms. The average Bonchev–Trinajstić information content (AvgIpc) is 2.42. The van der Waals surface area contributed by atoms with Gasteiger partial charge in [-0.15, -0.1) is 0 Å². The van der Waals surface area contributed by atoms with Gasteiger partial charge in [0.05, 0.1) is 10.9 Å². The standard InChI is InChI=1S/C15H15N3O3/c1-8-3-4-11-10(7-8)15(21)18(9(2)16-11)12-5-6-13(19)17-14(12)20/h3-4,7,12H,5-6H2,1-2H3,(H,17,19,20). The molecule has 0 aliphatic carbocycles. The summed E-state index contributed by atoms with van der Waals surface area (Å²) < 4.78 is 1.39. The first-order valence-corrected chi connectivity index (χ1v) is 6.80. The number of aryl methyl sites for hydroxylation is 2. The summed E-state index contributed by atoms with van der Waals surface area (Å²) in [4.78, 5) is 40.3. The fraction of sp³-hybridized carbons (Fsp3) is 0.333. The summed E-state index contributed by atoms with van der Waals surface area (Å²) in [6.07, 6.45) is 0.554. The van der Waals surface area contributed by atoms with Gasteiger partial charge in [-0.3, -0.25) is 24.3 Å². The molecule has 3 rings (SSSR count). The molecule has 108 valence electrons. The Balaban J connectivity index is 2.21. The fourth-order valence-corrected chi connectivity index (χ4v) is 2.72. The minimum absolute atomic E-state index is 0.230. The van der Waals surface area contributed by atoms with E-state index in [1.807, 2.05) is 13.0 Å². The van der Waals surface area contributed by atoms with Crippen molar-refractivity contribution in [3.8, 4) is 0 Å². The molecule has 2 heterocycles. The van der Waals surface area contributed by atoms with Crippen molar-refractivity contribution >= 4 is 22.7 Å². The third-order valence-electron chi connectivity index (χ3n) is 3.75. The molecule has 6 nitrogen and oxygen atoms in total. The summed E-state index contributed by atoms with van der Waals surface area (Å²) in [5.41, 5.74) is 1.34. The molecular weight excluding hydrogens is 270 g/mol. The number of hydrogen-bond acceptors (Lipinski definition) is 4. The molecule has 0 bridgehead atoms. The second-order valence-electron chi connectivity index (χ2n) is 5.32. The number of amides is 2. The molecule has 1 aromatic carbocycles. The van der Waals surface area contributed by atoms with Gasteiger partial charge in [0.15, 0.2) is 0 Å². The Morgan fingerprint density at radius 2 is 2.00 bits per heavy atom. The van der Waals surface area contributed by atoms with Gasteiger partial charge in [0.25, 0.3) is 5.56 Å². The van der Waals surface area contributed by atoms with E-state index in [2.05, 4.69) is 10.3 Å². The maximum absolute atomic E-state index is 12.7. The molecular formula is C15H15N3O3. The molecule has 1 N–H and O–H groups in total. The SMILES string of the molecule is Cc1ccc2nc(C)n(C3CCC(=O)NC3=O)c(=O)c2c1. The van der Waals surface area contributed by atoms with Crippen LogP contribution in [0.1, 0.15) is 30.3 Å². The lowest BCUT2D eigenvalue weighted by Crippen LogP contribution is -2.45. The lowest BCUT2D eigenvalue weighted by atomic mass is 10.1. The minimum Gasteiger partial charge on any atom is -0.295 e. The molecule has 1 aliphatic heterocycles. The van der Waals surface area contributed by atoms with Gasteiger partial charge in [-0.05, 0) is 32.4 Å². The number of carbonyl (C=O) groups is 2. The van der Waals surface area contributed by atoms with Crippen molar-refractivity contribution in [2.45, 2.75) is 32.7 Å². The highest BCUT2D eigenvalue weighted by Crippen LogP contribution is 2.20. The minimum atomic E-state index is -0.674. The first kappa shape index (κ1) is 13.5. The second-order valence-corrected chi connectivity index (χ2v) is 5.32. The molecule has 1 unspecified atom stereocenters. The Hall–Kier alpha value is -2.50. The van der Waals surface area contributed by atoms with Gasteiger partial charge in [0.2, 0.25) is 11.8 Å². The monoisotopic (exact) mass is 285 g/mol. The van der Waals surface area contributed by atoms with Crippen LogP contribution in [0, 0.1) is 13.8 Å². The summed E-state index contributed by atoms with van der Waals surface area (Å²) in [5.74, 6) is -0.261. The van der Waals surface area contributed by atoms with Crippen LogP contribution in [0.2, 0.25) is 0 Å². The number of nitrogens with one attached hydrogen (secondary N) is 1. The van der Waals surface area contributed by atoms with Crippen LogP contribution in [0.15, 0.2) is 23.0 Å². The van der Waals surface area contributed by atoms with Crippen molar-refractivity contribution < 1.29 is 9.59 Å². The van der Waals surface area contributed by atoms with E-state index >= 15 is 0 Å². The van der Waals surface area contributed by atoms with E-state index in [0.717, 1.165) is 5.56 Å². The van der Waals surface area contributed by atoms with Crippen LogP contribution in [0.25, 0.3) is 10.9 Å². The predicted octanol–water partition coefficient (Wildman–Crippen LogP) is 0.991. The van der Waals surface area contributed by atoms with Crippen molar-refractivity contribution in [1.29, 1.82) is 0 Å². The maximum atomic E-state index is 12.7. The molecule has 2 aromatic rings. The fourth-order valence-electron chi connectivity index (χ4n) is 2.72. The highest BCUT2D eigenvalue weighted by atomic mass is 16.2. The Morgan fingerprint density at radius 3 is 2.71 bits per heavy atom. The van der Waals surface area contributed by atoms with Gasteiger partial charge >= 0.3 is 0 Å². The van der Waals surface area contributed by atoms with Crippen LogP contribution >= 0.6 is 0 Å². The summed E-state index contributed by atoms with van der Waals surface area (Å²) in [6.45, 7) is 3.60. The van der Waals surface area contributed by atoms with E-state index in [4.69, 9.17) is 0 Å². The number of imide groups is 1. The van der Waals surface area contributed by atoms with E-state index in [1.54, 1.807) is 19.1 Å². The zero-order chi connectivity index (χ0) is 15.1. The number of carbonyl (C=O) groups excluding carboxylic acids is 2. The number of piperidine rings is 1. The van der Waals surface area contributed by atoms with Crippen LogP contribution in [0.3, 0.4) is 0 Å². The molecule has 2 amide bonds. The smallest absolute Gasteiger partial charge is 0.262 e. The van der Waals surface area contributed by atoms with E-state index in [9.17, 15) is 14.4 Å². The van der Waals surface area contributed by atoms with Crippen LogP contribution < -0.4 is 10.9 Å². The van der Waals surface area contributed by atoms with Gasteiger partial charge < -0.3 is 0 Å². The Bertz CT molecular complexity index is 823. The van der Waals surface area contributed by atoms with Gasteiger partial charge in [-0.2, -0.15) is 0 Å². The second kappa shape index (κ2) is 4.80. The van der Waals surface area contributed by atoms with Crippen molar-refractivity contribution in [3.05, 3.63) is 39.9 Å². The zero-order valence-corrected chi connectivity index (χ0v) is 11.8. The largest absolute Gasteiger partial charge is 0.295 e. The molecule has 0 radical (unpaired) electrons. The average molecular weight is 285 g/mol. The van der Waals surface area contributed by atoms with E-state index < -0.39 is 11.9 Å². The van der Waals surface area contributed by atoms with Crippen LogP contribution in [0.5, 0.6) is 0 Å². The van der Waals surface area contributed by atoms with Crippen LogP contribution in [-0.4, -0.2) is 21.4 Å². The molecule has 1 fully saturated rings. The van der Waals surface area contributed by atoms with Crippen molar-refractivity contribution in [2.24, 2.45) is 0 Å². The van der Waals surface area contributed by atoms with Gasteiger partial charge in [0, 0.05) is 6.42 Å². The van der Waals surface area contributed by atoms with Crippen LogP contribution in [0.4, 0.5) is 0 Å². The van der Waals surface area contributed by atoms with Gasteiger partial charge in [-0.1, -0.05) is 11.6 Å². The topological polar surface area (TPSA) is 81.1 Å². The van der Waals surface area contributed by atoms with Crippen molar-refractivity contribution in [1.82, 2.24) is 14.9 Å². The summed E-state index contributed by atoms with van der Waals surface area (Å²) in [5, 5.41) is 2.77. The van der Waals surface area contributed by atoms with E-state index in [0.29, 0.717) is 23.1 Å². The van der Waals surface area contributed by atoms with E-state index in [1.165, 1.54) is 4.57 Å². The number of rotatable bonds is 1. The Morgan fingerprint density at radius 1 is 1.24 bits per heavy atom. The maximum Gasteiger partial charge on any atom is 0.262 e.